The topological polar surface area (TPSA) is 83.8 Å². The molecular formula is C22H30ClN3O4. The van der Waals surface area contributed by atoms with Crippen LogP contribution in [0, 0.1) is 0 Å². The Labute approximate surface area is 181 Å². The molecule has 1 saturated carbocycles. The van der Waals surface area contributed by atoms with E-state index in [4.69, 9.17) is 21.4 Å². The second-order valence-electron chi connectivity index (χ2n) is 9.00. The zero-order valence-corrected chi connectivity index (χ0v) is 18.7. The maximum Gasteiger partial charge on any atom is 0.410 e. The Kier molecular flexibility index (Phi) is 6.50. The minimum Gasteiger partial charge on any atom is -0.465 e. The average molecular weight is 436 g/mol. The van der Waals surface area contributed by atoms with Gasteiger partial charge in [0.05, 0.1) is 5.02 Å². The van der Waals surface area contributed by atoms with Crippen molar-refractivity contribution in [2.75, 3.05) is 0 Å². The number of ether oxygens (including phenoxy) is 1. The minimum absolute atomic E-state index is 0.167. The van der Waals surface area contributed by atoms with Crippen molar-refractivity contribution in [2.24, 2.45) is 0 Å². The van der Waals surface area contributed by atoms with Gasteiger partial charge in [0.1, 0.15) is 5.60 Å². The highest BCUT2D eigenvalue weighted by molar-refractivity contribution is 6.35. The number of aryl methyl sites for hydroxylation is 1. The van der Waals surface area contributed by atoms with Gasteiger partial charge in [0.2, 0.25) is 0 Å². The van der Waals surface area contributed by atoms with Gasteiger partial charge in [-0.1, -0.05) is 23.7 Å². The third kappa shape index (κ3) is 5.81. The first kappa shape index (κ1) is 22.3. The fraction of sp³-hybridized carbons (Fsp3) is 0.545. The van der Waals surface area contributed by atoms with E-state index in [0.29, 0.717) is 24.5 Å². The number of carboxylic acid groups (broad SMARTS) is 1. The standard InChI is InChI=1S/C22H30ClN3O4/c1-14(24-20(27)28)9-10-25-13-18(23)17-8-5-15(11-19(17)25)12-26(16-6-7-16)21(29)30-22(2,3)4/h5,8,11,13-14,16,24H,6-7,9-10,12H2,1-4H3,(H,27,28). The lowest BCUT2D eigenvalue weighted by Gasteiger charge is -2.27. The van der Waals surface area contributed by atoms with Crippen LogP contribution in [0.3, 0.4) is 0 Å². The van der Waals surface area contributed by atoms with Crippen LogP contribution >= 0.6 is 11.6 Å². The number of fused-ring (bicyclic) bond motifs is 1. The maximum atomic E-state index is 12.7. The third-order valence-corrected chi connectivity index (χ3v) is 5.34. The molecular weight excluding hydrogens is 406 g/mol. The summed E-state index contributed by atoms with van der Waals surface area (Å²) >= 11 is 6.40. The summed E-state index contributed by atoms with van der Waals surface area (Å²) in [6, 6.07) is 6.08. The van der Waals surface area contributed by atoms with Crippen LogP contribution in [0.1, 0.15) is 52.5 Å². The Morgan fingerprint density at radius 2 is 2.07 bits per heavy atom. The van der Waals surface area contributed by atoms with Crippen LogP contribution < -0.4 is 5.32 Å². The highest BCUT2D eigenvalue weighted by Crippen LogP contribution is 2.32. The van der Waals surface area contributed by atoms with Crippen LogP contribution in [0.5, 0.6) is 0 Å². The summed E-state index contributed by atoms with van der Waals surface area (Å²) in [6.07, 6.45) is 3.20. The van der Waals surface area contributed by atoms with Gasteiger partial charge in [-0.05, 0) is 58.6 Å². The van der Waals surface area contributed by atoms with Crippen LogP contribution in [0.15, 0.2) is 24.4 Å². The molecule has 0 saturated heterocycles. The number of hydrogen-bond acceptors (Lipinski definition) is 3. The predicted molar refractivity (Wildman–Crippen MR) is 117 cm³/mol. The summed E-state index contributed by atoms with van der Waals surface area (Å²) in [5, 5.41) is 12.9. The number of rotatable bonds is 7. The van der Waals surface area contributed by atoms with Gasteiger partial charge in [0, 0.05) is 42.3 Å². The Hall–Kier alpha value is -2.41. The summed E-state index contributed by atoms with van der Waals surface area (Å²) in [4.78, 5) is 25.3. The monoisotopic (exact) mass is 435 g/mol. The fourth-order valence-corrected chi connectivity index (χ4v) is 3.72. The molecule has 1 aromatic heterocycles. The summed E-state index contributed by atoms with van der Waals surface area (Å²) in [6.45, 7) is 8.56. The second kappa shape index (κ2) is 8.76. The number of carbonyl (C=O) groups excluding carboxylic acids is 1. The molecule has 1 fully saturated rings. The number of nitrogens with zero attached hydrogens (tertiary/aromatic N) is 2. The summed E-state index contributed by atoms with van der Waals surface area (Å²) in [7, 11) is 0. The molecule has 8 heteroatoms. The van der Waals surface area contributed by atoms with E-state index in [9.17, 15) is 9.59 Å². The highest BCUT2D eigenvalue weighted by Gasteiger charge is 2.35. The van der Waals surface area contributed by atoms with Gasteiger partial charge in [-0.25, -0.2) is 9.59 Å². The van der Waals surface area contributed by atoms with E-state index in [-0.39, 0.29) is 18.2 Å². The van der Waals surface area contributed by atoms with Crippen molar-refractivity contribution in [3.8, 4) is 0 Å². The molecule has 2 N–H and O–H groups in total. The number of carbonyl (C=O) groups is 2. The molecule has 164 valence electrons. The molecule has 30 heavy (non-hydrogen) atoms. The van der Waals surface area contributed by atoms with Gasteiger partial charge in [-0.3, -0.25) is 0 Å². The lowest BCUT2D eigenvalue weighted by atomic mass is 10.1. The summed E-state index contributed by atoms with van der Waals surface area (Å²) in [5.41, 5.74) is 1.45. The fourth-order valence-electron chi connectivity index (χ4n) is 3.44. The van der Waals surface area contributed by atoms with Crippen LogP contribution in [-0.2, 0) is 17.8 Å². The first-order valence-electron chi connectivity index (χ1n) is 10.3. The number of halogens is 1. The number of aromatic nitrogens is 1. The molecule has 0 radical (unpaired) electrons. The van der Waals surface area contributed by atoms with Crippen LogP contribution in [0.2, 0.25) is 5.02 Å². The first-order valence-corrected chi connectivity index (χ1v) is 10.7. The molecule has 1 atom stereocenters. The van der Waals surface area contributed by atoms with Crippen molar-refractivity contribution < 1.29 is 19.4 Å². The third-order valence-electron chi connectivity index (χ3n) is 5.04. The lowest BCUT2D eigenvalue weighted by Crippen LogP contribution is -2.37. The van der Waals surface area contributed by atoms with E-state index in [1.165, 1.54) is 0 Å². The summed E-state index contributed by atoms with van der Waals surface area (Å²) < 4.78 is 7.63. The van der Waals surface area contributed by atoms with Crippen LogP contribution in [0.4, 0.5) is 9.59 Å². The van der Waals surface area contributed by atoms with Gasteiger partial charge in [-0.15, -0.1) is 0 Å². The molecule has 7 nitrogen and oxygen atoms in total. The minimum atomic E-state index is -1.03. The van der Waals surface area contributed by atoms with Crippen molar-refractivity contribution in [3.63, 3.8) is 0 Å². The van der Waals surface area contributed by atoms with Crippen LogP contribution in [-0.4, -0.2) is 44.4 Å². The van der Waals surface area contributed by atoms with E-state index < -0.39 is 11.7 Å². The first-order chi connectivity index (χ1) is 14.0. The van der Waals surface area contributed by atoms with E-state index in [2.05, 4.69) is 11.4 Å². The molecule has 2 amide bonds. The number of hydrogen-bond donors (Lipinski definition) is 2. The molecule has 1 aliphatic carbocycles. The Morgan fingerprint density at radius 3 is 2.67 bits per heavy atom. The Morgan fingerprint density at radius 1 is 1.37 bits per heavy atom. The quantitative estimate of drug-likeness (QED) is 0.622. The largest absolute Gasteiger partial charge is 0.465 e. The molecule has 1 aromatic carbocycles. The van der Waals surface area contributed by atoms with Gasteiger partial charge in [0.25, 0.3) is 0 Å². The Balaban J connectivity index is 1.78. The van der Waals surface area contributed by atoms with Gasteiger partial charge < -0.3 is 24.6 Å². The SMILES string of the molecule is CC(CCn1cc(Cl)c2ccc(CN(C(=O)OC(C)(C)C)C3CC3)cc21)NC(=O)O. The molecule has 0 bridgehead atoms. The van der Waals surface area contributed by atoms with Gasteiger partial charge >= 0.3 is 12.2 Å². The van der Waals surface area contributed by atoms with E-state index in [1.807, 2.05) is 50.6 Å². The van der Waals surface area contributed by atoms with Crippen molar-refractivity contribution in [1.29, 1.82) is 0 Å². The predicted octanol–water partition coefficient (Wildman–Crippen LogP) is 5.24. The van der Waals surface area contributed by atoms with Gasteiger partial charge in [0.15, 0.2) is 0 Å². The van der Waals surface area contributed by atoms with Crippen molar-refractivity contribution >= 4 is 34.7 Å². The number of amides is 2. The second-order valence-corrected chi connectivity index (χ2v) is 9.41. The average Bonchev–Trinajstić information content (AvgIpc) is 3.40. The van der Waals surface area contributed by atoms with Crippen molar-refractivity contribution in [1.82, 2.24) is 14.8 Å². The zero-order valence-electron chi connectivity index (χ0n) is 17.9. The van der Waals surface area contributed by atoms with E-state index in [0.717, 1.165) is 29.3 Å². The van der Waals surface area contributed by atoms with Crippen molar-refractivity contribution in [3.05, 3.63) is 35.0 Å². The van der Waals surface area contributed by atoms with Crippen molar-refractivity contribution in [2.45, 2.75) is 77.7 Å². The molecule has 1 aliphatic rings. The number of benzene rings is 1. The zero-order chi connectivity index (χ0) is 22.1. The lowest BCUT2D eigenvalue weighted by molar-refractivity contribution is 0.0216. The molecule has 1 heterocycles. The Bertz CT molecular complexity index is 930. The highest BCUT2D eigenvalue weighted by atomic mass is 35.5. The smallest absolute Gasteiger partial charge is 0.410 e. The van der Waals surface area contributed by atoms with E-state index >= 15 is 0 Å². The van der Waals surface area contributed by atoms with Gasteiger partial charge in [-0.2, -0.15) is 0 Å². The summed E-state index contributed by atoms with van der Waals surface area (Å²) in [5.74, 6) is 0. The molecule has 1 unspecified atom stereocenters. The molecule has 3 rings (SSSR count). The molecule has 0 spiro atoms. The van der Waals surface area contributed by atoms with E-state index in [1.54, 1.807) is 4.90 Å². The maximum absolute atomic E-state index is 12.7. The van der Waals surface area contributed by atoms with Crippen LogP contribution in [0.25, 0.3) is 10.9 Å². The molecule has 2 aromatic rings. The number of nitrogens with one attached hydrogen (secondary N) is 1. The molecule has 0 aliphatic heterocycles. The normalized spacial score (nSPS) is 15.1.